The maximum absolute atomic E-state index is 13.5. The number of aromatic nitrogens is 4. The number of amides is 3. The molecule has 0 aliphatic carbocycles. The van der Waals surface area contributed by atoms with Crippen molar-refractivity contribution in [2.75, 3.05) is 37.8 Å². The average molecular weight is 557 g/mol. The largest absolute Gasteiger partial charge is 0.439 e. The molecule has 0 aliphatic heterocycles. The molecule has 0 spiro atoms. The van der Waals surface area contributed by atoms with E-state index in [2.05, 4.69) is 36.1 Å². The molecular formula is C25H23F3N8O4. The molecule has 3 amide bonds. The second-order valence-corrected chi connectivity index (χ2v) is 8.55. The Morgan fingerprint density at radius 1 is 1.02 bits per heavy atom. The van der Waals surface area contributed by atoms with E-state index in [1.807, 2.05) is 4.90 Å². The van der Waals surface area contributed by atoms with Crippen LogP contribution in [0.3, 0.4) is 0 Å². The van der Waals surface area contributed by atoms with Crippen LogP contribution in [0.25, 0.3) is 11.6 Å². The maximum atomic E-state index is 13.5. The number of nitrogens with one attached hydrogen (secondary N) is 3. The highest BCUT2D eigenvalue weighted by Gasteiger charge is 2.32. The highest BCUT2D eigenvalue weighted by atomic mass is 19.4. The van der Waals surface area contributed by atoms with Gasteiger partial charge in [-0.15, -0.1) is 10.2 Å². The third-order valence-electron chi connectivity index (χ3n) is 5.16. The summed E-state index contributed by atoms with van der Waals surface area (Å²) in [5.41, 5.74) is -0.933. The Hall–Kier alpha value is -5.05. The minimum Gasteiger partial charge on any atom is -0.439 e. The van der Waals surface area contributed by atoms with E-state index >= 15 is 0 Å². The van der Waals surface area contributed by atoms with Gasteiger partial charge in [0.15, 0.2) is 0 Å². The lowest BCUT2D eigenvalue weighted by atomic mass is 10.1. The first kappa shape index (κ1) is 28.0. The van der Waals surface area contributed by atoms with E-state index in [0.717, 1.165) is 24.6 Å². The number of likely N-dealkylation sites (N-methyl/N-ethyl adjacent to an activating group) is 1. The van der Waals surface area contributed by atoms with Gasteiger partial charge in [0, 0.05) is 42.2 Å². The third kappa shape index (κ3) is 7.73. The molecule has 40 heavy (non-hydrogen) atoms. The predicted molar refractivity (Wildman–Crippen MR) is 137 cm³/mol. The van der Waals surface area contributed by atoms with Crippen LogP contribution in [0.5, 0.6) is 11.6 Å². The van der Waals surface area contributed by atoms with Gasteiger partial charge >= 0.3 is 12.2 Å². The number of nitrogens with zero attached hydrogens (tertiary/aromatic N) is 5. The van der Waals surface area contributed by atoms with Crippen LogP contribution >= 0.6 is 0 Å². The van der Waals surface area contributed by atoms with Crippen molar-refractivity contribution in [3.63, 3.8) is 0 Å². The number of carbonyl (C=O) groups excluding carboxylic acids is 2. The lowest BCUT2D eigenvalue weighted by molar-refractivity contribution is -0.137. The number of rotatable bonds is 9. The molecule has 2 heterocycles. The number of hydrogen-bond donors (Lipinski definition) is 3. The summed E-state index contributed by atoms with van der Waals surface area (Å²) in [6.07, 6.45) is -2.33. The molecule has 0 aliphatic rings. The number of benzene rings is 2. The minimum atomic E-state index is -4.73. The van der Waals surface area contributed by atoms with E-state index in [1.165, 1.54) is 18.5 Å². The second-order valence-electron chi connectivity index (χ2n) is 8.55. The smallest absolute Gasteiger partial charge is 0.416 e. The monoisotopic (exact) mass is 556 g/mol. The number of urea groups is 1. The van der Waals surface area contributed by atoms with Crippen molar-refractivity contribution in [3.05, 3.63) is 72.4 Å². The summed E-state index contributed by atoms with van der Waals surface area (Å²) in [6, 6.07) is 9.48. The SMILES string of the molecule is CN(C)CCNC(=O)c1cc(NC(=O)Nc2cccc(Oc3cc(-c4nnco4)ncn3)c2)cc(C(F)(F)F)c1. The predicted octanol–water partition coefficient (Wildman–Crippen LogP) is 4.27. The van der Waals surface area contributed by atoms with Gasteiger partial charge in [-0.1, -0.05) is 6.07 Å². The molecule has 15 heteroatoms. The molecule has 208 valence electrons. The van der Waals surface area contributed by atoms with E-state index < -0.39 is 23.7 Å². The van der Waals surface area contributed by atoms with Crippen LogP contribution in [-0.2, 0) is 6.18 Å². The molecule has 2 aromatic carbocycles. The zero-order valence-corrected chi connectivity index (χ0v) is 21.2. The summed E-state index contributed by atoms with van der Waals surface area (Å²) < 4.78 is 51.3. The zero-order valence-electron chi connectivity index (χ0n) is 21.2. The fourth-order valence-corrected chi connectivity index (χ4v) is 3.34. The number of halogens is 3. The van der Waals surface area contributed by atoms with Gasteiger partial charge in [0.05, 0.1) is 5.56 Å². The zero-order chi connectivity index (χ0) is 28.7. The first-order chi connectivity index (χ1) is 19.1. The molecule has 0 bridgehead atoms. The van der Waals surface area contributed by atoms with Gasteiger partial charge in [0.25, 0.3) is 11.8 Å². The highest BCUT2D eigenvalue weighted by molar-refractivity contribution is 6.01. The molecule has 0 unspecified atom stereocenters. The summed E-state index contributed by atoms with van der Waals surface area (Å²) in [7, 11) is 3.59. The molecule has 4 aromatic rings. The van der Waals surface area contributed by atoms with Crippen LogP contribution in [0.1, 0.15) is 15.9 Å². The van der Waals surface area contributed by atoms with Crippen LogP contribution in [0.4, 0.5) is 29.3 Å². The molecule has 0 fully saturated rings. The Kier molecular flexibility index (Phi) is 8.54. The van der Waals surface area contributed by atoms with Gasteiger partial charge in [-0.05, 0) is 44.4 Å². The standard InChI is InChI=1S/C25H23F3N8O4/c1-36(2)7-6-29-22(37)15-8-16(25(26,27)28)10-18(9-15)34-24(38)33-17-4-3-5-19(11-17)40-21-12-20(30-13-31-21)23-35-32-14-39-23/h3-5,8-14H,6-7H2,1-2H3,(H,29,37)(H2,33,34,38). The number of carbonyl (C=O) groups is 2. The van der Waals surface area contributed by atoms with Crippen LogP contribution < -0.4 is 20.7 Å². The van der Waals surface area contributed by atoms with Crippen molar-refractivity contribution in [1.82, 2.24) is 30.4 Å². The fourth-order valence-electron chi connectivity index (χ4n) is 3.34. The first-order valence-electron chi connectivity index (χ1n) is 11.7. The molecule has 0 saturated heterocycles. The molecule has 4 rings (SSSR count). The van der Waals surface area contributed by atoms with Gasteiger partial charge in [0.1, 0.15) is 17.8 Å². The Labute approximate surface area is 225 Å². The quantitative estimate of drug-likeness (QED) is 0.275. The molecular weight excluding hydrogens is 533 g/mol. The van der Waals surface area contributed by atoms with Crippen LogP contribution in [-0.4, -0.2) is 64.2 Å². The van der Waals surface area contributed by atoms with Crippen molar-refractivity contribution < 1.29 is 31.9 Å². The Morgan fingerprint density at radius 3 is 2.55 bits per heavy atom. The normalized spacial score (nSPS) is 11.2. The lowest BCUT2D eigenvalue weighted by Crippen LogP contribution is -2.31. The first-order valence-corrected chi connectivity index (χ1v) is 11.7. The number of alkyl halides is 3. The summed E-state index contributed by atoms with van der Waals surface area (Å²) in [5, 5.41) is 14.8. The lowest BCUT2D eigenvalue weighted by Gasteiger charge is -2.15. The van der Waals surface area contributed by atoms with E-state index in [4.69, 9.17) is 9.15 Å². The van der Waals surface area contributed by atoms with Gasteiger partial charge in [-0.3, -0.25) is 4.79 Å². The van der Waals surface area contributed by atoms with Gasteiger partial charge in [0.2, 0.25) is 12.3 Å². The van der Waals surface area contributed by atoms with Crippen LogP contribution in [0.2, 0.25) is 0 Å². The van der Waals surface area contributed by atoms with E-state index in [1.54, 1.807) is 32.3 Å². The summed E-state index contributed by atoms with van der Waals surface area (Å²) in [4.78, 5) is 34.9. The number of anilines is 2. The molecule has 12 nitrogen and oxygen atoms in total. The number of ether oxygens (including phenoxy) is 1. The molecule has 0 radical (unpaired) electrons. The van der Waals surface area contributed by atoms with E-state index in [0.29, 0.717) is 18.0 Å². The van der Waals surface area contributed by atoms with Crippen molar-refractivity contribution in [1.29, 1.82) is 0 Å². The summed E-state index contributed by atoms with van der Waals surface area (Å²) in [5.74, 6) is -0.0785. The Balaban J connectivity index is 1.45. The summed E-state index contributed by atoms with van der Waals surface area (Å²) >= 11 is 0. The van der Waals surface area contributed by atoms with Gasteiger partial charge in [-0.25, -0.2) is 14.8 Å². The van der Waals surface area contributed by atoms with Gasteiger partial charge in [-0.2, -0.15) is 13.2 Å². The van der Waals surface area contributed by atoms with Crippen molar-refractivity contribution in [3.8, 4) is 23.2 Å². The van der Waals surface area contributed by atoms with Crippen molar-refractivity contribution in [2.45, 2.75) is 6.18 Å². The summed E-state index contributed by atoms with van der Waals surface area (Å²) in [6.45, 7) is 0.731. The molecule has 0 atom stereocenters. The highest BCUT2D eigenvalue weighted by Crippen LogP contribution is 2.32. The Bertz CT molecular complexity index is 1480. The molecule has 0 saturated carbocycles. The third-order valence-corrected chi connectivity index (χ3v) is 5.16. The average Bonchev–Trinajstić information content (AvgIpc) is 3.43. The molecule has 3 N–H and O–H groups in total. The second kappa shape index (κ2) is 12.2. The van der Waals surface area contributed by atoms with E-state index in [-0.39, 0.29) is 35.3 Å². The van der Waals surface area contributed by atoms with Crippen molar-refractivity contribution >= 4 is 23.3 Å². The van der Waals surface area contributed by atoms with Gasteiger partial charge < -0.3 is 30.0 Å². The minimum absolute atomic E-state index is 0.158. The molecule has 2 aromatic heterocycles. The van der Waals surface area contributed by atoms with Crippen LogP contribution in [0, 0.1) is 0 Å². The Morgan fingerprint density at radius 2 is 1.82 bits per heavy atom. The van der Waals surface area contributed by atoms with Crippen LogP contribution in [0.15, 0.2) is 65.7 Å². The van der Waals surface area contributed by atoms with E-state index in [9.17, 15) is 22.8 Å². The topological polar surface area (TPSA) is 147 Å². The van der Waals surface area contributed by atoms with Crippen molar-refractivity contribution in [2.24, 2.45) is 0 Å². The maximum Gasteiger partial charge on any atom is 0.416 e. The number of hydrogen-bond acceptors (Lipinski definition) is 9. The fraction of sp³-hybridized carbons (Fsp3) is 0.200.